The molecule has 194 valence electrons. The molecule has 0 unspecified atom stereocenters. The number of benzene rings is 3. The van der Waals surface area contributed by atoms with Crippen molar-refractivity contribution in [3.63, 3.8) is 0 Å². The van der Waals surface area contributed by atoms with Crippen LogP contribution in [-0.2, 0) is 35.0 Å². The maximum absolute atomic E-state index is 11.1. The van der Waals surface area contributed by atoms with Gasteiger partial charge in [0.05, 0.1) is 11.1 Å². The second-order valence-corrected chi connectivity index (χ2v) is 11.8. The molecule has 2 aliphatic carbocycles. The number of para-hydroxylation sites is 1. The molecule has 0 amide bonds. The van der Waals surface area contributed by atoms with Gasteiger partial charge in [0.2, 0.25) is 0 Å². The molecule has 4 aromatic rings. The van der Waals surface area contributed by atoms with Crippen molar-refractivity contribution in [2.75, 3.05) is 19.7 Å². The first-order valence-corrected chi connectivity index (χ1v) is 14.1. The van der Waals surface area contributed by atoms with Gasteiger partial charge in [-0.25, -0.2) is 0 Å². The molecule has 1 fully saturated rings. The number of nitrogens with one attached hydrogen (secondary N) is 1. The van der Waals surface area contributed by atoms with Crippen molar-refractivity contribution >= 4 is 10.9 Å². The molecule has 5 nitrogen and oxygen atoms in total. The summed E-state index contributed by atoms with van der Waals surface area (Å²) in [7, 11) is 0. The molecule has 4 aliphatic rings. The molecular formula is C33H34N2O3. The van der Waals surface area contributed by atoms with Crippen LogP contribution in [0.4, 0.5) is 0 Å². The van der Waals surface area contributed by atoms with E-state index in [0.717, 1.165) is 50.0 Å². The van der Waals surface area contributed by atoms with Gasteiger partial charge in [-0.05, 0) is 68.5 Å². The van der Waals surface area contributed by atoms with Gasteiger partial charge < -0.3 is 19.6 Å². The van der Waals surface area contributed by atoms with Gasteiger partial charge >= 0.3 is 0 Å². The van der Waals surface area contributed by atoms with Gasteiger partial charge in [0, 0.05) is 42.1 Å². The molecule has 3 heterocycles. The molecule has 1 aromatic heterocycles. The molecule has 2 aliphatic heterocycles. The summed E-state index contributed by atoms with van der Waals surface area (Å²) in [6.07, 6.45) is 3.68. The van der Waals surface area contributed by atoms with Crippen LogP contribution in [-0.4, -0.2) is 46.3 Å². The fraction of sp³-hybridized carbons (Fsp3) is 0.394. The van der Waals surface area contributed by atoms with E-state index in [1.807, 2.05) is 6.07 Å². The molecular weight excluding hydrogens is 472 g/mol. The summed E-state index contributed by atoms with van der Waals surface area (Å²) in [6.45, 7) is 7.00. The van der Waals surface area contributed by atoms with Crippen molar-refractivity contribution in [3.8, 4) is 11.5 Å². The lowest BCUT2D eigenvalue weighted by Crippen LogP contribution is -2.79. The Morgan fingerprint density at radius 1 is 1.08 bits per heavy atom. The number of aromatic amines is 1. The smallest absolute Gasteiger partial charge is 0.166 e. The molecule has 0 saturated carbocycles. The Morgan fingerprint density at radius 2 is 1.89 bits per heavy atom. The molecule has 2 N–H and O–H groups in total. The number of rotatable bonds is 5. The first-order valence-electron chi connectivity index (χ1n) is 14.1. The Morgan fingerprint density at radius 3 is 2.74 bits per heavy atom. The van der Waals surface area contributed by atoms with Crippen molar-refractivity contribution in [2.45, 2.75) is 62.2 Å². The lowest BCUT2D eigenvalue weighted by Gasteiger charge is -2.67. The summed E-state index contributed by atoms with van der Waals surface area (Å²) in [4.78, 5) is 6.48. The van der Waals surface area contributed by atoms with E-state index in [9.17, 15) is 5.11 Å². The third-order valence-electron chi connectivity index (χ3n) is 10.3. The molecule has 38 heavy (non-hydrogen) atoms. The first kappa shape index (κ1) is 22.7. The summed E-state index contributed by atoms with van der Waals surface area (Å²) in [5, 5.41) is 12.3. The van der Waals surface area contributed by atoms with Crippen LogP contribution < -0.4 is 4.74 Å². The number of H-pyrrole nitrogens is 1. The van der Waals surface area contributed by atoms with Crippen molar-refractivity contribution in [1.82, 2.24) is 9.88 Å². The maximum atomic E-state index is 11.1. The Hall–Kier alpha value is -3.28. The SMILES string of the molecule is CCO[C@@]12Cc3c([nH]c4ccccc34)[C@]3(C)Oc4c(O)ccc5c4[C@@]31CCN(CCc1ccccc1)[C@H]2C5. The molecule has 2 bridgehead atoms. The zero-order valence-corrected chi connectivity index (χ0v) is 22.1. The van der Waals surface area contributed by atoms with Gasteiger partial charge in [-0.15, -0.1) is 0 Å². The Bertz CT molecular complexity index is 1580. The number of piperidine rings is 1. The first-order chi connectivity index (χ1) is 18.5. The number of phenols is 1. The van der Waals surface area contributed by atoms with Crippen LogP contribution in [0.25, 0.3) is 10.9 Å². The van der Waals surface area contributed by atoms with Crippen molar-refractivity contribution in [3.05, 3.63) is 94.7 Å². The van der Waals surface area contributed by atoms with Gasteiger partial charge in [0.15, 0.2) is 17.1 Å². The average Bonchev–Trinajstić information content (AvgIpc) is 3.43. The number of hydrogen-bond donors (Lipinski definition) is 2. The van der Waals surface area contributed by atoms with Crippen LogP contribution >= 0.6 is 0 Å². The van der Waals surface area contributed by atoms with Crippen LogP contribution in [0.1, 0.15) is 48.2 Å². The number of phenolic OH excluding ortho intramolecular Hbond substituents is 1. The monoisotopic (exact) mass is 506 g/mol. The fourth-order valence-electron chi connectivity index (χ4n) is 8.92. The third kappa shape index (κ3) is 2.55. The standard InChI is InChI=1S/C33H34N2O3/c1-3-37-33-20-24-23-11-7-8-12-25(23)34-30(24)31(2)32(33)16-18-35(17-15-21-9-5-4-6-10-21)27(33)19-22-13-14-26(36)29(38-31)28(22)32/h4-14,27,34,36H,3,15-20H2,1-2H3/t27-,31-,32-,33+/m0/s1. The summed E-state index contributed by atoms with van der Waals surface area (Å²) < 4.78 is 14.1. The quantitative estimate of drug-likeness (QED) is 0.369. The molecule has 1 spiro atoms. The van der Waals surface area contributed by atoms with E-state index in [2.05, 4.69) is 84.4 Å². The van der Waals surface area contributed by atoms with E-state index < -0.39 is 11.2 Å². The van der Waals surface area contributed by atoms with Crippen LogP contribution in [0.5, 0.6) is 11.5 Å². The van der Waals surface area contributed by atoms with Crippen molar-refractivity contribution < 1.29 is 14.6 Å². The molecule has 8 rings (SSSR count). The number of nitrogens with zero attached hydrogens (tertiary/aromatic N) is 1. The van der Waals surface area contributed by atoms with Crippen molar-refractivity contribution in [2.24, 2.45) is 0 Å². The van der Waals surface area contributed by atoms with E-state index in [0.29, 0.717) is 12.4 Å². The largest absolute Gasteiger partial charge is 0.504 e. The highest BCUT2D eigenvalue weighted by molar-refractivity contribution is 5.86. The topological polar surface area (TPSA) is 57.7 Å². The summed E-state index contributed by atoms with van der Waals surface area (Å²) in [5.41, 5.74) is 5.93. The van der Waals surface area contributed by atoms with E-state index in [-0.39, 0.29) is 17.2 Å². The fourth-order valence-corrected chi connectivity index (χ4v) is 8.92. The second-order valence-electron chi connectivity index (χ2n) is 11.8. The second kappa shape index (κ2) is 7.64. The number of likely N-dealkylation sites (tertiary alicyclic amines) is 1. The summed E-state index contributed by atoms with van der Waals surface area (Å²) in [5.74, 6) is 0.901. The Labute approximate surface area is 223 Å². The number of ether oxygens (including phenoxy) is 2. The lowest BCUT2D eigenvalue weighted by atomic mass is 9.45. The molecule has 3 aromatic carbocycles. The minimum Gasteiger partial charge on any atom is -0.504 e. The number of hydrogen-bond acceptors (Lipinski definition) is 4. The zero-order chi connectivity index (χ0) is 25.7. The maximum Gasteiger partial charge on any atom is 0.166 e. The number of aromatic nitrogens is 1. The summed E-state index contributed by atoms with van der Waals surface area (Å²) in [6, 6.07) is 23.6. The van der Waals surface area contributed by atoms with Crippen LogP contribution in [0, 0.1) is 0 Å². The highest BCUT2D eigenvalue weighted by Crippen LogP contribution is 2.72. The van der Waals surface area contributed by atoms with E-state index in [1.165, 1.54) is 27.6 Å². The normalized spacial score (nSPS) is 30.6. The molecule has 0 radical (unpaired) electrons. The number of fused-ring (bicyclic) bond motifs is 4. The minimum absolute atomic E-state index is 0.215. The molecule has 1 saturated heterocycles. The van der Waals surface area contributed by atoms with E-state index >= 15 is 0 Å². The van der Waals surface area contributed by atoms with Crippen LogP contribution in [0.15, 0.2) is 66.7 Å². The predicted molar refractivity (Wildman–Crippen MR) is 148 cm³/mol. The lowest BCUT2D eigenvalue weighted by molar-refractivity contribution is -0.224. The summed E-state index contributed by atoms with van der Waals surface area (Å²) >= 11 is 0. The molecule has 5 heteroatoms. The van der Waals surface area contributed by atoms with Gasteiger partial charge in [0.25, 0.3) is 0 Å². The van der Waals surface area contributed by atoms with Gasteiger partial charge in [-0.2, -0.15) is 0 Å². The van der Waals surface area contributed by atoms with Gasteiger partial charge in [0.1, 0.15) is 5.60 Å². The van der Waals surface area contributed by atoms with Gasteiger partial charge in [-0.3, -0.25) is 4.90 Å². The Balaban J connectivity index is 1.37. The van der Waals surface area contributed by atoms with Crippen LogP contribution in [0.2, 0.25) is 0 Å². The van der Waals surface area contributed by atoms with Crippen molar-refractivity contribution in [1.29, 1.82) is 0 Å². The highest BCUT2D eigenvalue weighted by atomic mass is 16.5. The van der Waals surface area contributed by atoms with E-state index in [1.54, 1.807) is 0 Å². The van der Waals surface area contributed by atoms with Gasteiger partial charge in [-0.1, -0.05) is 54.6 Å². The van der Waals surface area contributed by atoms with Crippen LogP contribution in [0.3, 0.4) is 0 Å². The van der Waals surface area contributed by atoms with E-state index in [4.69, 9.17) is 9.47 Å². The average molecular weight is 507 g/mol. The Kier molecular flexibility index (Phi) is 4.56. The number of aromatic hydroxyl groups is 1. The highest BCUT2D eigenvalue weighted by Gasteiger charge is 2.78. The zero-order valence-electron chi connectivity index (χ0n) is 22.1. The third-order valence-corrected chi connectivity index (χ3v) is 10.3. The minimum atomic E-state index is -0.672. The predicted octanol–water partition coefficient (Wildman–Crippen LogP) is 5.62. The molecule has 4 atom stereocenters.